The van der Waals surface area contributed by atoms with Gasteiger partial charge in [0.05, 0.1) is 22.0 Å². The first kappa shape index (κ1) is 23.3. The first-order chi connectivity index (χ1) is 15.3. The number of benzene rings is 1. The van der Waals surface area contributed by atoms with Gasteiger partial charge in [0.2, 0.25) is 11.0 Å². The van der Waals surface area contributed by atoms with Gasteiger partial charge in [-0.15, -0.1) is 22.0 Å². The molecule has 0 radical (unpaired) electrons. The Morgan fingerprint density at radius 3 is 2.69 bits per heavy atom. The summed E-state index contributed by atoms with van der Waals surface area (Å²) >= 11 is 5.78. The molecule has 168 valence electrons. The number of hydrogen-bond donors (Lipinski definition) is 1. The van der Waals surface area contributed by atoms with E-state index in [4.69, 9.17) is 4.98 Å². The average molecular weight is 506 g/mol. The molecule has 11 heteroatoms. The van der Waals surface area contributed by atoms with Crippen LogP contribution in [0.25, 0.3) is 5.69 Å². The van der Waals surface area contributed by atoms with Gasteiger partial charge >= 0.3 is 0 Å². The Hall–Kier alpha value is -1.82. The van der Waals surface area contributed by atoms with Gasteiger partial charge < -0.3 is 0 Å². The molecule has 1 aliphatic rings. The Bertz CT molecular complexity index is 1200. The molecule has 1 amide bonds. The number of nitrogens with zero attached hydrogens (tertiary/aromatic N) is 4. The third kappa shape index (κ3) is 5.22. The third-order valence-electron chi connectivity index (χ3n) is 4.60. The topological polar surface area (TPSA) is 89.8 Å². The Morgan fingerprint density at radius 2 is 1.97 bits per heavy atom. The maximum absolute atomic E-state index is 13.4. The number of carbonyl (C=O) groups is 1. The third-order valence-corrected chi connectivity index (χ3v) is 8.61. The number of aromatic nitrogens is 4. The van der Waals surface area contributed by atoms with Crippen LogP contribution < -0.4 is 10.9 Å². The lowest BCUT2D eigenvalue weighted by Crippen LogP contribution is -2.25. The lowest BCUT2D eigenvalue weighted by molar-refractivity contribution is -0.113. The van der Waals surface area contributed by atoms with E-state index in [2.05, 4.69) is 28.5 Å². The highest BCUT2D eigenvalue weighted by Gasteiger charge is 2.27. The first-order valence-corrected chi connectivity index (χ1v) is 13.8. The van der Waals surface area contributed by atoms with Crippen LogP contribution in [0.2, 0.25) is 0 Å². The summed E-state index contributed by atoms with van der Waals surface area (Å²) < 4.78 is 2.47. The second kappa shape index (κ2) is 9.98. The molecular formula is C21H23N5O2S4. The van der Waals surface area contributed by atoms with E-state index in [1.165, 1.54) is 23.1 Å². The minimum absolute atomic E-state index is 0.0670. The van der Waals surface area contributed by atoms with Gasteiger partial charge in [0, 0.05) is 11.7 Å². The second-order valence-corrected chi connectivity index (χ2v) is 12.3. The van der Waals surface area contributed by atoms with Crippen molar-refractivity contribution < 1.29 is 4.79 Å². The zero-order valence-corrected chi connectivity index (χ0v) is 21.4. The number of amides is 1. The molecule has 32 heavy (non-hydrogen) atoms. The predicted molar refractivity (Wildman–Crippen MR) is 134 cm³/mol. The lowest BCUT2D eigenvalue weighted by Gasteiger charge is -2.14. The quantitative estimate of drug-likeness (QED) is 0.284. The molecule has 1 N–H and O–H groups in total. The van der Waals surface area contributed by atoms with Crippen LogP contribution in [0.1, 0.15) is 30.7 Å². The Kier molecular flexibility index (Phi) is 7.28. The molecule has 0 aliphatic carbocycles. The van der Waals surface area contributed by atoms with Crippen molar-refractivity contribution >= 4 is 57.7 Å². The van der Waals surface area contributed by atoms with Crippen molar-refractivity contribution in [3.8, 4) is 5.69 Å². The number of fused-ring (bicyclic) bond motifs is 1. The van der Waals surface area contributed by atoms with Gasteiger partial charge in [-0.3, -0.25) is 19.5 Å². The minimum Gasteiger partial charge on any atom is -0.300 e. The average Bonchev–Trinajstić information content (AvgIpc) is 3.31. The van der Waals surface area contributed by atoms with E-state index in [1.54, 1.807) is 28.1 Å². The number of aryl methyl sites for hydroxylation is 2. The predicted octanol–water partition coefficient (Wildman–Crippen LogP) is 4.58. The summed E-state index contributed by atoms with van der Waals surface area (Å²) in [6.07, 6.45) is 0.755. The SMILES string of the molecule is CCSc1nnc(NC(=O)CSc2nc3c(c(=O)n2-c2cc(C)cc(C)c2)S[C@@H](C)C3)s1. The number of carbonyl (C=O) groups excluding carboxylic acids is 1. The van der Waals surface area contributed by atoms with Crippen molar-refractivity contribution in [3.05, 3.63) is 45.4 Å². The van der Waals surface area contributed by atoms with E-state index >= 15 is 0 Å². The largest absolute Gasteiger partial charge is 0.300 e. The number of thioether (sulfide) groups is 3. The summed E-state index contributed by atoms with van der Waals surface area (Å²) in [6.45, 7) is 8.15. The highest BCUT2D eigenvalue weighted by molar-refractivity contribution is 8.01. The van der Waals surface area contributed by atoms with Crippen LogP contribution >= 0.6 is 46.6 Å². The minimum atomic E-state index is -0.205. The molecule has 2 aromatic heterocycles. The number of rotatable bonds is 7. The van der Waals surface area contributed by atoms with Gasteiger partial charge in [0.1, 0.15) is 0 Å². The van der Waals surface area contributed by atoms with Crippen molar-refractivity contribution in [2.45, 2.75) is 53.8 Å². The molecule has 7 nitrogen and oxygen atoms in total. The first-order valence-electron chi connectivity index (χ1n) is 10.1. The van der Waals surface area contributed by atoms with Gasteiger partial charge in [-0.25, -0.2) is 4.98 Å². The zero-order valence-electron chi connectivity index (χ0n) is 18.2. The van der Waals surface area contributed by atoms with Crippen LogP contribution in [0.3, 0.4) is 0 Å². The molecule has 1 aliphatic heterocycles. The molecule has 4 rings (SSSR count). The molecule has 0 fully saturated rings. The van der Waals surface area contributed by atoms with Gasteiger partial charge in [-0.2, -0.15) is 0 Å². The fraction of sp³-hybridized carbons (Fsp3) is 0.381. The second-order valence-electron chi connectivity index (χ2n) is 7.43. The van der Waals surface area contributed by atoms with E-state index in [0.29, 0.717) is 20.4 Å². The van der Waals surface area contributed by atoms with Gasteiger partial charge in [-0.05, 0) is 42.9 Å². The molecule has 0 unspecified atom stereocenters. The highest BCUT2D eigenvalue weighted by atomic mass is 32.2. The van der Waals surface area contributed by atoms with Gasteiger partial charge in [0.25, 0.3) is 5.56 Å². The van der Waals surface area contributed by atoms with E-state index in [1.807, 2.05) is 32.9 Å². The molecule has 0 spiro atoms. The summed E-state index contributed by atoms with van der Waals surface area (Å²) in [5.74, 6) is 0.813. The molecule has 0 bridgehead atoms. The van der Waals surface area contributed by atoms with Crippen molar-refractivity contribution in [2.75, 3.05) is 16.8 Å². The Morgan fingerprint density at radius 1 is 1.22 bits per heavy atom. The van der Waals surface area contributed by atoms with Crippen molar-refractivity contribution in [3.63, 3.8) is 0 Å². The zero-order chi connectivity index (χ0) is 22.8. The van der Waals surface area contributed by atoms with Crippen LogP contribution in [-0.4, -0.2) is 42.4 Å². The molecule has 1 atom stereocenters. The van der Waals surface area contributed by atoms with Crippen molar-refractivity contribution in [1.29, 1.82) is 0 Å². The van der Waals surface area contributed by atoms with E-state index < -0.39 is 0 Å². The fourth-order valence-corrected chi connectivity index (χ4v) is 7.02. The molecular weight excluding hydrogens is 483 g/mol. The van der Waals surface area contributed by atoms with Crippen molar-refractivity contribution in [1.82, 2.24) is 19.7 Å². The van der Waals surface area contributed by atoms with Crippen LogP contribution in [0.15, 0.2) is 37.4 Å². The lowest BCUT2D eigenvalue weighted by atomic mass is 10.1. The van der Waals surface area contributed by atoms with E-state index in [-0.39, 0.29) is 17.2 Å². The van der Waals surface area contributed by atoms with Crippen LogP contribution in [0.4, 0.5) is 5.13 Å². The van der Waals surface area contributed by atoms with Crippen LogP contribution in [0, 0.1) is 13.8 Å². The summed E-state index contributed by atoms with van der Waals surface area (Å²) in [4.78, 5) is 31.5. The smallest absolute Gasteiger partial charge is 0.272 e. The van der Waals surface area contributed by atoms with Crippen LogP contribution in [-0.2, 0) is 11.2 Å². The number of anilines is 1. The van der Waals surface area contributed by atoms with Gasteiger partial charge in [0.15, 0.2) is 9.50 Å². The van der Waals surface area contributed by atoms with Gasteiger partial charge in [-0.1, -0.05) is 54.8 Å². The maximum atomic E-state index is 13.4. The number of nitrogens with one attached hydrogen (secondary N) is 1. The molecule has 3 heterocycles. The highest BCUT2D eigenvalue weighted by Crippen LogP contribution is 2.35. The maximum Gasteiger partial charge on any atom is 0.272 e. The summed E-state index contributed by atoms with van der Waals surface area (Å²) in [6, 6.07) is 6.02. The summed E-state index contributed by atoms with van der Waals surface area (Å²) in [7, 11) is 0. The monoisotopic (exact) mass is 505 g/mol. The molecule has 0 saturated heterocycles. The van der Waals surface area contributed by atoms with E-state index in [0.717, 1.165) is 39.0 Å². The fourth-order valence-electron chi connectivity index (χ4n) is 3.43. The number of hydrogen-bond acceptors (Lipinski definition) is 9. The normalized spacial score (nSPS) is 15.1. The Labute approximate surface area is 203 Å². The van der Waals surface area contributed by atoms with Crippen molar-refractivity contribution in [2.24, 2.45) is 0 Å². The van der Waals surface area contributed by atoms with Crippen LogP contribution in [0.5, 0.6) is 0 Å². The van der Waals surface area contributed by atoms with E-state index in [9.17, 15) is 9.59 Å². The standard InChI is InChI=1S/C21H23N5O2S4/c1-5-29-21-25-24-19(32-21)23-16(27)10-30-20-22-15-9-13(4)31-17(15)18(28)26(20)14-7-11(2)6-12(3)8-14/h6-8,13H,5,9-10H2,1-4H3,(H,23,24,27)/t13-/m0/s1. The summed E-state index contributed by atoms with van der Waals surface area (Å²) in [5, 5.41) is 12.2. The molecule has 0 saturated carbocycles. The molecule has 3 aromatic rings. The summed E-state index contributed by atoms with van der Waals surface area (Å²) in [5.41, 5.74) is 3.67. The molecule has 1 aromatic carbocycles. The Balaban J connectivity index is 1.61.